The van der Waals surface area contributed by atoms with Gasteiger partial charge in [0.2, 0.25) is 0 Å². The molecule has 3 nitrogen and oxygen atoms in total. The van der Waals surface area contributed by atoms with Crippen LogP contribution in [0.25, 0.3) is 0 Å². The standard InChI is InChI=1S/C11H11N3/c1-3-6-13-11(7-12)10-5-4-9(2)14-8-10/h1,4-5,8,11,13H,6H2,2H3. The minimum atomic E-state index is -0.376. The Morgan fingerprint density at radius 3 is 2.93 bits per heavy atom. The summed E-state index contributed by atoms with van der Waals surface area (Å²) in [6.07, 6.45) is 6.78. The summed E-state index contributed by atoms with van der Waals surface area (Å²) in [5.74, 6) is 2.43. The van der Waals surface area contributed by atoms with Gasteiger partial charge in [-0.25, -0.2) is 0 Å². The van der Waals surface area contributed by atoms with Crippen LogP contribution in [-0.4, -0.2) is 11.5 Å². The summed E-state index contributed by atoms with van der Waals surface area (Å²) in [5.41, 5.74) is 1.77. The highest BCUT2D eigenvalue weighted by Gasteiger charge is 2.08. The van der Waals surface area contributed by atoms with Gasteiger partial charge in [-0.15, -0.1) is 6.42 Å². The number of nitriles is 1. The molecule has 0 radical (unpaired) electrons. The Morgan fingerprint density at radius 1 is 1.64 bits per heavy atom. The molecule has 0 bridgehead atoms. The maximum atomic E-state index is 8.87. The number of pyridine rings is 1. The summed E-state index contributed by atoms with van der Waals surface area (Å²) in [6, 6.07) is 5.50. The van der Waals surface area contributed by atoms with E-state index >= 15 is 0 Å². The maximum Gasteiger partial charge on any atom is 0.123 e. The highest BCUT2D eigenvalue weighted by atomic mass is 14.9. The van der Waals surface area contributed by atoms with Crippen LogP contribution in [0.4, 0.5) is 0 Å². The monoisotopic (exact) mass is 185 g/mol. The molecule has 14 heavy (non-hydrogen) atoms. The lowest BCUT2D eigenvalue weighted by atomic mass is 10.1. The third-order valence-electron chi connectivity index (χ3n) is 1.80. The summed E-state index contributed by atoms with van der Waals surface area (Å²) >= 11 is 0. The molecule has 0 fully saturated rings. The smallest absolute Gasteiger partial charge is 0.123 e. The van der Waals surface area contributed by atoms with Gasteiger partial charge < -0.3 is 0 Å². The SMILES string of the molecule is C#CCNC(C#N)c1ccc(C)nc1. The largest absolute Gasteiger partial charge is 0.287 e. The number of aromatic nitrogens is 1. The molecule has 1 N–H and O–H groups in total. The van der Waals surface area contributed by atoms with Crippen molar-refractivity contribution in [2.75, 3.05) is 6.54 Å². The van der Waals surface area contributed by atoms with Crippen molar-refractivity contribution in [2.24, 2.45) is 0 Å². The van der Waals surface area contributed by atoms with E-state index in [0.717, 1.165) is 11.3 Å². The molecular formula is C11H11N3. The van der Waals surface area contributed by atoms with Gasteiger partial charge in [-0.2, -0.15) is 5.26 Å². The number of nitrogens with zero attached hydrogens (tertiary/aromatic N) is 2. The van der Waals surface area contributed by atoms with E-state index in [1.165, 1.54) is 0 Å². The van der Waals surface area contributed by atoms with Crippen LogP contribution < -0.4 is 5.32 Å². The van der Waals surface area contributed by atoms with Crippen LogP contribution in [0.5, 0.6) is 0 Å². The summed E-state index contributed by atoms with van der Waals surface area (Å²) in [7, 11) is 0. The molecular weight excluding hydrogens is 174 g/mol. The molecule has 1 heterocycles. The van der Waals surface area contributed by atoms with Gasteiger partial charge in [0, 0.05) is 17.5 Å². The molecule has 1 aromatic rings. The van der Waals surface area contributed by atoms with E-state index in [2.05, 4.69) is 22.3 Å². The van der Waals surface area contributed by atoms with Crippen molar-refractivity contribution in [2.45, 2.75) is 13.0 Å². The Hall–Kier alpha value is -1.84. The molecule has 1 rings (SSSR count). The van der Waals surface area contributed by atoms with Crippen molar-refractivity contribution in [3.05, 3.63) is 29.6 Å². The van der Waals surface area contributed by atoms with Crippen LogP contribution >= 0.6 is 0 Å². The summed E-state index contributed by atoms with van der Waals surface area (Å²) < 4.78 is 0. The van der Waals surface area contributed by atoms with Crippen LogP contribution in [-0.2, 0) is 0 Å². The lowest BCUT2D eigenvalue weighted by Crippen LogP contribution is -2.20. The fourth-order valence-corrected chi connectivity index (χ4v) is 1.05. The fourth-order valence-electron chi connectivity index (χ4n) is 1.05. The van der Waals surface area contributed by atoms with Gasteiger partial charge in [0.1, 0.15) is 6.04 Å². The van der Waals surface area contributed by atoms with E-state index in [1.807, 2.05) is 19.1 Å². The van der Waals surface area contributed by atoms with Gasteiger partial charge in [0.25, 0.3) is 0 Å². The molecule has 0 amide bonds. The first-order chi connectivity index (χ1) is 6.77. The van der Waals surface area contributed by atoms with E-state index < -0.39 is 0 Å². The lowest BCUT2D eigenvalue weighted by molar-refractivity contribution is 0.687. The second-order valence-corrected chi connectivity index (χ2v) is 2.88. The summed E-state index contributed by atoms with van der Waals surface area (Å²) in [4.78, 5) is 4.11. The topological polar surface area (TPSA) is 48.7 Å². The van der Waals surface area contributed by atoms with Crippen molar-refractivity contribution < 1.29 is 0 Å². The van der Waals surface area contributed by atoms with Gasteiger partial charge in [-0.05, 0) is 13.0 Å². The molecule has 3 heteroatoms. The first-order valence-electron chi connectivity index (χ1n) is 4.27. The maximum absolute atomic E-state index is 8.87. The zero-order valence-corrected chi connectivity index (χ0v) is 7.99. The molecule has 1 atom stereocenters. The number of rotatable bonds is 3. The minimum absolute atomic E-state index is 0.376. The molecule has 0 saturated carbocycles. The van der Waals surface area contributed by atoms with Crippen LogP contribution in [0.2, 0.25) is 0 Å². The molecule has 0 saturated heterocycles. The number of hydrogen-bond acceptors (Lipinski definition) is 3. The molecule has 0 spiro atoms. The fraction of sp³-hybridized carbons (Fsp3) is 0.273. The number of hydrogen-bond donors (Lipinski definition) is 1. The molecule has 0 aromatic carbocycles. The predicted molar refractivity (Wildman–Crippen MR) is 54.2 cm³/mol. The van der Waals surface area contributed by atoms with Gasteiger partial charge in [0.05, 0.1) is 12.6 Å². The Balaban J connectivity index is 2.76. The van der Waals surface area contributed by atoms with Gasteiger partial charge in [-0.3, -0.25) is 10.3 Å². The van der Waals surface area contributed by atoms with Crippen molar-refractivity contribution in [1.82, 2.24) is 10.3 Å². The molecule has 0 aliphatic heterocycles. The highest BCUT2D eigenvalue weighted by molar-refractivity contribution is 5.22. The van der Waals surface area contributed by atoms with Crippen molar-refractivity contribution in [3.63, 3.8) is 0 Å². The average molecular weight is 185 g/mol. The van der Waals surface area contributed by atoms with Crippen LogP contribution in [0, 0.1) is 30.6 Å². The summed E-state index contributed by atoms with van der Waals surface area (Å²) in [6.45, 7) is 2.28. The molecule has 0 aliphatic carbocycles. The molecule has 1 unspecified atom stereocenters. The Bertz CT molecular complexity index is 367. The minimum Gasteiger partial charge on any atom is -0.287 e. The van der Waals surface area contributed by atoms with Crippen LogP contribution in [0.15, 0.2) is 18.3 Å². The predicted octanol–water partition coefficient (Wildman–Crippen LogP) is 1.18. The zero-order chi connectivity index (χ0) is 10.4. The first kappa shape index (κ1) is 10.2. The highest BCUT2D eigenvalue weighted by Crippen LogP contribution is 2.10. The van der Waals surface area contributed by atoms with Gasteiger partial charge >= 0.3 is 0 Å². The second-order valence-electron chi connectivity index (χ2n) is 2.88. The zero-order valence-electron chi connectivity index (χ0n) is 7.99. The summed E-state index contributed by atoms with van der Waals surface area (Å²) in [5, 5.41) is 11.8. The normalized spacial score (nSPS) is 11.4. The quantitative estimate of drug-likeness (QED) is 0.719. The molecule has 0 aliphatic rings. The third kappa shape index (κ3) is 2.58. The van der Waals surface area contributed by atoms with Crippen LogP contribution in [0.1, 0.15) is 17.3 Å². The Kier molecular flexibility index (Phi) is 3.67. The Labute approximate surface area is 83.8 Å². The first-order valence-corrected chi connectivity index (χ1v) is 4.27. The van der Waals surface area contributed by atoms with E-state index in [1.54, 1.807) is 6.20 Å². The van der Waals surface area contributed by atoms with E-state index in [0.29, 0.717) is 6.54 Å². The van der Waals surface area contributed by atoms with E-state index in [-0.39, 0.29) is 6.04 Å². The number of aryl methyl sites for hydroxylation is 1. The van der Waals surface area contributed by atoms with Crippen molar-refractivity contribution in [1.29, 1.82) is 5.26 Å². The van der Waals surface area contributed by atoms with Crippen molar-refractivity contribution >= 4 is 0 Å². The Morgan fingerprint density at radius 2 is 2.43 bits per heavy atom. The van der Waals surface area contributed by atoms with Gasteiger partial charge in [0.15, 0.2) is 0 Å². The second kappa shape index (κ2) is 5.01. The van der Waals surface area contributed by atoms with Crippen LogP contribution in [0.3, 0.4) is 0 Å². The third-order valence-corrected chi connectivity index (χ3v) is 1.80. The van der Waals surface area contributed by atoms with Gasteiger partial charge in [-0.1, -0.05) is 12.0 Å². The molecule has 70 valence electrons. The van der Waals surface area contributed by atoms with Crippen molar-refractivity contribution in [3.8, 4) is 18.4 Å². The molecule has 1 aromatic heterocycles. The number of terminal acetylenes is 1. The van der Waals surface area contributed by atoms with E-state index in [4.69, 9.17) is 11.7 Å². The average Bonchev–Trinajstić information content (AvgIpc) is 2.21. The lowest BCUT2D eigenvalue weighted by Gasteiger charge is -2.08. The van der Waals surface area contributed by atoms with E-state index in [9.17, 15) is 0 Å². The number of nitrogens with one attached hydrogen (secondary N) is 1.